The predicted octanol–water partition coefficient (Wildman–Crippen LogP) is 2.06. The molecule has 0 unspecified atom stereocenters. The van der Waals surface area contributed by atoms with Crippen LogP contribution in [0.5, 0.6) is 0 Å². The van der Waals surface area contributed by atoms with Gasteiger partial charge in [0.1, 0.15) is 17.6 Å². The quantitative estimate of drug-likeness (QED) is 0.449. The van der Waals surface area contributed by atoms with Crippen LogP contribution in [-0.4, -0.2) is 40.2 Å². The number of aromatic carboxylic acids is 1. The zero-order valence-corrected chi connectivity index (χ0v) is 11.4. The maximum absolute atomic E-state index is 11.0. The molecule has 0 spiro atoms. The minimum absolute atomic E-state index is 0.285. The summed E-state index contributed by atoms with van der Waals surface area (Å²) in [5, 5.41) is 22.6. The number of ether oxygens (including phenoxy) is 1. The molecule has 1 fully saturated rings. The fourth-order valence-electron chi connectivity index (χ4n) is 2.32. The highest BCUT2D eigenvalue weighted by Crippen LogP contribution is 2.21. The van der Waals surface area contributed by atoms with Crippen LogP contribution >= 0.6 is 0 Å². The van der Waals surface area contributed by atoms with Gasteiger partial charge in [0, 0.05) is 12.6 Å². The first-order valence-corrected chi connectivity index (χ1v) is 6.81. The summed E-state index contributed by atoms with van der Waals surface area (Å²) in [5.41, 5.74) is -0.899. The number of hydrogen-bond acceptors (Lipinski definition) is 6. The van der Waals surface area contributed by atoms with E-state index in [1.54, 1.807) is 0 Å². The van der Waals surface area contributed by atoms with E-state index < -0.39 is 16.6 Å². The minimum atomic E-state index is -1.35. The van der Waals surface area contributed by atoms with E-state index in [2.05, 4.69) is 10.3 Å². The van der Waals surface area contributed by atoms with Crippen LogP contribution in [0.3, 0.4) is 0 Å². The van der Waals surface area contributed by atoms with Crippen LogP contribution in [0.4, 0.5) is 11.5 Å². The number of carboxylic acids is 1. The third-order valence-electron chi connectivity index (χ3n) is 3.37. The summed E-state index contributed by atoms with van der Waals surface area (Å²) in [6.45, 7) is 0.964. The molecule has 1 aliphatic carbocycles. The van der Waals surface area contributed by atoms with Crippen molar-refractivity contribution in [3.8, 4) is 0 Å². The van der Waals surface area contributed by atoms with Gasteiger partial charge in [-0.15, -0.1) is 0 Å². The summed E-state index contributed by atoms with van der Waals surface area (Å²) in [5.74, 6) is -1.07. The topological polar surface area (TPSA) is 115 Å². The second kappa shape index (κ2) is 6.98. The average molecular weight is 295 g/mol. The van der Waals surface area contributed by atoms with Gasteiger partial charge < -0.3 is 15.2 Å². The molecule has 8 nitrogen and oxygen atoms in total. The van der Waals surface area contributed by atoms with Crippen LogP contribution < -0.4 is 5.32 Å². The lowest BCUT2D eigenvalue weighted by atomic mass is 10.2. The fourth-order valence-corrected chi connectivity index (χ4v) is 2.32. The normalized spacial score (nSPS) is 15.0. The molecule has 8 heteroatoms. The molecular formula is C13H17N3O5. The lowest BCUT2D eigenvalue weighted by molar-refractivity contribution is -0.385. The third-order valence-corrected chi connectivity index (χ3v) is 3.37. The standard InChI is InChI=1S/C13H17N3O5/c17-13(18)10-7-12(15-8-11(10)16(19)20)14-5-6-21-9-3-1-2-4-9/h7-9H,1-6H2,(H,14,15)(H,17,18). The van der Waals surface area contributed by atoms with Crippen LogP contribution in [0.2, 0.25) is 0 Å². The predicted molar refractivity (Wildman–Crippen MR) is 74.5 cm³/mol. The van der Waals surface area contributed by atoms with E-state index in [9.17, 15) is 14.9 Å². The fraction of sp³-hybridized carbons (Fsp3) is 0.538. The molecule has 0 aliphatic heterocycles. The van der Waals surface area contributed by atoms with Crippen LogP contribution in [0.25, 0.3) is 0 Å². The van der Waals surface area contributed by atoms with E-state index in [1.165, 1.54) is 12.8 Å². The van der Waals surface area contributed by atoms with Crippen molar-refractivity contribution in [3.05, 3.63) is 27.9 Å². The zero-order valence-electron chi connectivity index (χ0n) is 11.4. The van der Waals surface area contributed by atoms with Gasteiger partial charge in [-0.1, -0.05) is 12.8 Å². The smallest absolute Gasteiger partial charge is 0.342 e. The summed E-state index contributed by atoms with van der Waals surface area (Å²) in [4.78, 5) is 24.8. The Kier molecular flexibility index (Phi) is 5.04. The van der Waals surface area contributed by atoms with Gasteiger partial charge in [-0.2, -0.15) is 0 Å². The molecule has 1 aromatic rings. The number of nitrogens with zero attached hydrogens (tertiary/aromatic N) is 2. The Morgan fingerprint density at radius 1 is 1.52 bits per heavy atom. The number of hydrogen-bond donors (Lipinski definition) is 2. The Morgan fingerprint density at radius 3 is 2.86 bits per heavy atom. The maximum atomic E-state index is 11.0. The highest BCUT2D eigenvalue weighted by atomic mass is 16.6. The van der Waals surface area contributed by atoms with Gasteiger partial charge in [0.05, 0.1) is 17.6 Å². The van der Waals surface area contributed by atoms with Gasteiger partial charge in [-0.3, -0.25) is 10.1 Å². The van der Waals surface area contributed by atoms with Gasteiger partial charge in [-0.25, -0.2) is 9.78 Å². The van der Waals surface area contributed by atoms with Crippen molar-refractivity contribution in [3.63, 3.8) is 0 Å². The Labute approximate surface area is 121 Å². The highest BCUT2D eigenvalue weighted by Gasteiger charge is 2.21. The molecule has 2 N–H and O–H groups in total. The Morgan fingerprint density at radius 2 is 2.24 bits per heavy atom. The number of nitro groups is 1. The molecular weight excluding hydrogens is 278 g/mol. The first-order chi connectivity index (χ1) is 10.1. The summed E-state index contributed by atoms with van der Waals surface area (Å²) in [6.07, 6.45) is 5.82. The molecule has 1 aromatic heterocycles. The summed E-state index contributed by atoms with van der Waals surface area (Å²) < 4.78 is 5.65. The Balaban J connectivity index is 1.89. The van der Waals surface area contributed by atoms with Crippen molar-refractivity contribution in [2.45, 2.75) is 31.8 Å². The molecule has 1 saturated carbocycles. The number of carbonyl (C=O) groups is 1. The molecule has 1 aliphatic rings. The SMILES string of the molecule is O=C(O)c1cc(NCCOC2CCCC2)ncc1[N+](=O)[O-]. The first-order valence-electron chi connectivity index (χ1n) is 6.81. The average Bonchev–Trinajstić information content (AvgIpc) is 2.96. The molecule has 0 saturated heterocycles. The molecule has 0 bridgehead atoms. The lowest BCUT2D eigenvalue weighted by Gasteiger charge is -2.11. The summed E-state index contributed by atoms with van der Waals surface area (Å²) >= 11 is 0. The maximum Gasteiger partial charge on any atom is 0.342 e. The van der Waals surface area contributed by atoms with E-state index in [-0.39, 0.29) is 11.4 Å². The van der Waals surface area contributed by atoms with Gasteiger partial charge in [0.15, 0.2) is 0 Å². The molecule has 114 valence electrons. The molecule has 1 heterocycles. The van der Waals surface area contributed by atoms with E-state index in [4.69, 9.17) is 9.84 Å². The Hall–Kier alpha value is -2.22. The third kappa shape index (κ3) is 4.12. The molecule has 0 radical (unpaired) electrons. The molecule has 0 amide bonds. The zero-order chi connectivity index (χ0) is 15.2. The van der Waals surface area contributed by atoms with E-state index in [0.29, 0.717) is 19.3 Å². The molecule has 21 heavy (non-hydrogen) atoms. The monoisotopic (exact) mass is 295 g/mol. The molecule has 0 atom stereocenters. The van der Waals surface area contributed by atoms with Crippen LogP contribution in [0.15, 0.2) is 12.3 Å². The first kappa shape index (κ1) is 15.2. The van der Waals surface area contributed by atoms with Crippen molar-refractivity contribution in [1.29, 1.82) is 0 Å². The van der Waals surface area contributed by atoms with Crippen molar-refractivity contribution >= 4 is 17.5 Å². The van der Waals surface area contributed by atoms with Crippen molar-refractivity contribution in [1.82, 2.24) is 4.98 Å². The Bertz CT molecular complexity index is 529. The van der Waals surface area contributed by atoms with Crippen LogP contribution in [-0.2, 0) is 4.74 Å². The van der Waals surface area contributed by atoms with Crippen molar-refractivity contribution < 1.29 is 19.6 Å². The number of aromatic nitrogens is 1. The van der Waals surface area contributed by atoms with Crippen LogP contribution in [0.1, 0.15) is 36.0 Å². The van der Waals surface area contributed by atoms with E-state index in [0.717, 1.165) is 25.1 Å². The lowest BCUT2D eigenvalue weighted by Crippen LogP contribution is -2.16. The van der Waals surface area contributed by atoms with Crippen molar-refractivity contribution in [2.24, 2.45) is 0 Å². The summed E-state index contributed by atoms with van der Waals surface area (Å²) in [7, 11) is 0. The van der Waals surface area contributed by atoms with E-state index in [1.807, 2.05) is 0 Å². The van der Waals surface area contributed by atoms with Gasteiger partial charge >= 0.3 is 11.7 Å². The highest BCUT2D eigenvalue weighted by molar-refractivity contribution is 5.93. The molecule has 2 rings (SSSR count). The second-order valence-corrected chi connectivity index (χ2v) is 4.85. The molecule has 0 aromatic carbocycles. The van der Waals surface area contributed by atoms with Crippen LogP contribution in [0, 0.1) is 10.1 Å². The number of carboxylic acid groups (broad SMARTS) is 1. The van der Waals surface area contributed by atoms with Gasteiger partial charge in [0.25, 0.3) is 0 Å². The van der Waals surface area contributed by atoms with E-state index >= 15 is 0 Å². The number of rotatable bonds is 7. The number of nitrogens with one attached hydrogen (secondary N) is 1. The second-order valence-electron chi connectivity index (χ2n) is 4.85. The number of anilines is 1. The van der Waals surface area contributed by atoms with Crippen molar-refractivity contribution in [2.75, 3.05) is 18.5 Å². The minimum Gasteiger partial charge on any atom is -0.477 e. The summed E-state index contributed by atoms with van der Waals surface area (Å²) in [6, 6.07) is 1.16. The largest absolute Gasteiger partial charge is 0.477 e. The number of pyridine rings is 1. The van der Waals surface area contributed by atoms with Gasteiger partial charge in [-0.05, 0) is 12.8 Å². The van der Waals surface area contributed by atoms with Gasteiger partial charge in [0.2, 0.25) is 0 Å².